The predicted molar refractivity (Wildman–Crippen MR) is 174 cm³/mol. The van der Waals surface area contributed by atoms with Crippen molar-refractivity contribution in [2.75, 3.05) is 0 Å². The molecular weight excluding hydrogens is 556 g/mol. The number of esters is 1. The minimum Gasteiger partial charge on any atom is -0.462 e. The SMILES string of the molecule is CCCCCCCCCC[C@@H](O)[C@@H]1CC[C@H]([C@@H]2CC[C@H]([C@H](O)CCCCCCCCCC[C@@H]3C[C@H](CC(C)=O)C(=O)O3)O2)O1. The van der Waals surface area contributed by atoms with Crippen molar-refractivity contribution in [2.24, 2.45) is 5.92 Å². The molecule has 3 aliphatic heterocycles. The Morgan fingerprint density at radius 3 is 1.64 bits per heavy atom. The molecule has 0 bridgehead atoms. The molecule has 0 spiro atoms. The second kappa shape index (κ2) is 21.7. The number of Topliss-reactive ketones (excluding diaryl/α,β-unsaturated/α-hetero) is 1. The third kappa shape index (κ3) is 14.2. The summed E-state index contributed by atoms with van der Waals surface area (Å²) in [5.41, 5.74) is 0. The Balaban J connectivity index is 1.13. The van der Waals surface area contributed by atoms with Crippen LogP contribution in [0.4, 0.5) is 0 Å². The molecule has 0 aromatic rings. The quantitative estimate of drug-likeness (QED) is 0.0782. The second-order valence-corrected chi connectivity index (χ2v) is 14.3. The van der Waals surface area contributed by atoms with Gasteiger partial charge in [0.1, 0.15) is 11.9 Å². The minimum absolute atomic E-state index is 0.00211. The topological polar surface area (TPSA) is 102 Å². The molecule has 0 radical (unpaired) electrons. The van der Waals surface area contributed by atoms with Gasteiger partial charge in [0.2, 0.25) is 0 Å². The van der Waals surface area contributed by atoms with Crippen molar-refractivity contribution in [3.05, 3.63) is 0 Å². The lowest BCUT2D eigenvalue weighted by Gasteiger charge is -2.24. The summed E-state index contributed by atoms with van der Waals surface area (Å²) < 4.78 is 18.0. The zero-order valence-corrected chi connectivity index (χ0v) is 28.2. The van der Waals surface area contributed by atoms with Gasteiger partial charge in [0, 0.05) is 6.42 Å². The molecule has 3 aliphatic rings. The molecule has 0 aromatic heterocycles. The number of hydrogen-bond acceptors (Lipinski definition) is 7. The van der Waals surface area contributed by atoms with Crippen molar-refractivity contribution >= 4 is 11.8 Å². The van der Waals surface area contributed by atoms with Gasteiger partial charge in [-0.15, -0.1) is 0 Å². The Hall–Kier alpha value is -1.02. The lowest BCUT2D eigenvalue weighted by atomic mass is 9.96. The van der Waals surface area contributed by atoms with E-state index >= 15 is 0 Å². The summed E-state index contributed by atoms with van der Waals surface area (Å²) >= 11 is 0. The molecule has 3 fully saturated rings. The predicted octanol–water partition coefficient (Wildman–Crippen LogP) is 8.15. The Morgan fingerprint density at radius 2 is 1.16 bits per heavy atom. The van der Waals surface area contributed by atoms with E-state index in [-0.39, 0.29) is 54.3 Å². The smallest absolute Gasteiger partial charge is 0.309 e. The first-order chi connectivity index (χ1) is 21.4. The summed E-state index contributed by atoms with van der Waals surface area (Å²) in [5.74, 6) is -0.348. The van der Waals surface area contributed by atoms with Crippen LogP contribution in [0.1, 0.15) is 174 Å². The molecule has 7 heteroatoms. The Bertz CT molecular complexity index is 788. The number of hydrogen-bond donors (Lipinski definition) is 2. The van der Waals surface area contributed by atoms with Crippen molar-refractivity contribution in [1.29, 1.82) is 0 Å². The fourth-order valence-electron chi connectivity index (χ4n) is 7.55. The molecule has 0 unspecified atom stereocenters. The average molecular weight is 623 g/mol. The molecule has 0 aliphatic carbocycles. The lowest BCUT2D eigenvalue weighted by Crippen LogP contribution is -2.33. The monoisotopic (exact) mass is 622 g/mol. The van der Waals surface area contributed by atoms with Crippen LogP contribution in [0.15, 0.2) is 0 Å². The highest BCUT2D eigenvalue weighted by Crippen LogP contribution is 2.35. The van der Waals surface area contributed by atoms with Crippen molar-refractivity contribution in [3.63, 3.8) is 0 Å². The van der Waals surface area contributed by atoms with Crippen molar-refractivity contribution < 1.29 is 34.0 Å². The van der Waals surface area contributed by atoms with Crippen molar-refractivity contribution in [2.45, 2.75) is 217 Å². The van der Waals surface area contributed by atoms with Crippen LogP contribution in [0.2, 0.25) is 0 Å². The molecule has 3 saturated heterocycles. The van der Waals surface area contributed by atoms with E-state index < -0.39 is 6.10 Å². The van der Waals surface area contributed by atoms with Crippen molar-refractivity contribution in [3.8, 4) is 0 Å². The standard InChI is InChI=1S/C37H66O7/c1-3-4-5-6-7-11-14-17-20-31(39)33-22-24-35(43-33)36-25-23-34(44-36)32(40)21-18-15-12-9-8-10-13-16-19-30-27-29(26-28(2)38)37(41)42-30/h29-36,39-40H,3-27H2,1-2H3/t29-,30+,31+,32+,33-,34+,35+,36-/m0/s1. The van der Waals surface area contributed by atoms with Crippen LogP contribution in [0.5, 0.6) is 0 Å². The number of carbonyl (C=O) groups is 2. The summed E-state index contributed by atoms with van der Waals surface area (Å²) in [4.78, 5) is 23.1. The van der Waals surface area contributed by atoms with Gasteiger partial charge in [-0.2, -0.15) is 0 Å². The molecular formula is C37H66O7. The first-order valence-electron chi connectivity index (χ1n) is 18.7. The third-order valence-corrected chi connectivity index (χ3v) is 10.3. The maximum atomic E-state index is 11.9. The van der Waals surface area contributed by atoms with E-state index in [2.05, 4.69) is 6.92 Å². The van der Waals surface area contributed by atoms with Gasteiger partial charge in [-0.25, -0.2) is 0 Å². The molecule has 8 atom stereocenters. The van der Waals surface area contributed by atoms with Gasteiger partial charge in [0.05, 0.1) is 42.5 Å². The zero-order valence-electron chi connectivity index (χ0n) is 28.2. The van der Waals surface area contributed by atoms with Crippen LogP contribution in [0.3, 0.4) is 0 Å². The maximum absolute atomic E-state index is 11.9. The maximum Gasteiger partial charge on any atom is 0.309 e. The molecule has 3 rings (SSSR count). The number of carbonyl (C=O) groups excluding carboxylic acids is 2. The fourth-order valence-corrected chi connectivity index (χ4v) is 7.55. The van der Waals surface area contributed by atoms with Gasteiger partial charge in [-0.3, -0.25) is 4.79 Å². The molecule has 2 N–H and O–H groups in total. The fraction of sp³-hybridized carbons (Fsp3) is 0.946. The van der Waals surface area contributed by atoms with E-state index in [9.17, 15) is 19.8 Å². The highest BCUT2D eigenvalue weighted by Gasteiger charge is 2.40. The van der Waals surface area contributed by atoms with Crippen molar-refractivity contribution in [1.82, 2.24) is 0 Å². The highest BCUT2D eigenvalue weighted by atomic mass is 16.6. The van der Waals surface area contributed by atoms with Gasteiger partial charge in [0.25, 0.3) is 0 Å². The number of unbranched alkanes of at least 4 members (excludes halogenated alkanes) is 14. The van der Waals surface area contributed by atoms with Crippen LogP contribution < -0.4 is 0 Å². The molecule has 7 nitrogen and oxygen atoms in total. The first kappa shape index (κ1) is 37.4. The van der Waals surface area contributed by atoms with Crippen LogP contribution in [0.25, 0.3) is 0 Å². The zero-order chi connectivity index (χ0) is 31.6. The summed E-state index contributed by atoms with van der Waals surface area (Å²) in [7, 11) is 0. The van der Waals surface area contributed by atoms with E-state index in [4.69, 9.17) is 14.2 Å². The van der Waals surface area contributed by atoms with E-state index in [0.717, 1.165) is 77.0 Å². The third-order valence-electron chi connectivity index (χ3n) is 10.3. The second-order valence-electron chi connectivity index (χ2n) is 14.3. The van der Waals surface area contributed by atoms with E-state index in [0.29, 0.717) is 12.8 Å². The summed E-state index contributed by atoms with van der Waals surface area (Å²) in [6.07, 6.45) is 26.0. The Kier molecular flexibility index (Phi) is 18.5. The van der Waals surface area contributed by atoms with Gasteiger partial charge in [-0.1, -0.05) is 103 Å². The Morgan fingerprint density at radius 1 is 0.705 bits per heavy atom. The lowest BCUT2D eigenvalue weighted by molar-refractivity contribution is -0.145. The van der Waals surface area contributed by atoms with E-state index in [1.165, 1.54) is 77.6 Å². The molecule has 44 heavy (non-hydrogen) atoms. The van der Waals surface area contributed by atoms with Gasteiger partial charge >= 0.3 is 5.97 Å². The largest absolute Gasteiger partial charge is 0.462 e. The summed E-state index contributed by atoms with van der Waals surface area (Å²) in [6.45, 7) is 3.79. The van der Waals surface area contributed by atoms with Gasteiger partial charge in [-0.05, 0) is 64.7 Å². The highest BCUT2D eigenvalue weighted by molar-refractivity contribution is 5.83. The number of cyclic esters (lactones) is 1. The number of rotatable bonds is 25. The minimum atomic E-state index is -0.399. The molecule has 0 amide bonds. The van der Waals surface area contributed by atoms with Crippen LogP contribution >= 0.6 is 0 Å². The Labute approximate surface area is 268 Å². The molecule has 3 heterocycles. The summed E-state index contributed by atoms with van der Waals surface area (Å²) in [6, 6.07) is 0. The summed E-state index contributed by atoms with van der Waals surface area (Å²) in [5, 5.41) is 21.4. The van der Waals surface area contributed by atoms with Crippen LogP contribution in [-0.4, -0.2) is 64.7 Å². The van der Waals surface area contributed by atoms with Gasteiger partial charge < -0.3 is 29.2 Å². The van der Waals surface area contributed by atoms with Gasteiger partial charge in [0.15, 0.2) is 0 Å². The number of ketones is 1. The van der Waals surface area contributed by atoms with E-state index in [1.807, 2.05) is 0 Å². The normalized spacial score (nSPS) is 28.4. The number of aliphatic hydroxyl groups is 2. The molecule has 256 valence electrons. The molecule has 0 aromatic carbocycles. The average Bonchev–Trinajstić information content (AvgIpc) is 3.75. The number of ether oxygens (including phenoxy) is 3. The first-order valence-corrected chi connectivity index (χ1v) is 18.7. The number of aliphatic hydroxyl groups excluding tert-OH is 2. The van der Waals surface area contributed by atoms with Crippen LogP contribution in [0, 0.1) is 5.92 Å². The molecule has 0 saturated carbocycles. The van der Waals surface area contributed by atoms with E-state index in [1.54, 1.807) is 0 Å². The van der Waals surface area contributed by atoms with Crippen LogP contribution in [-0.2, 0) is 23.8 Å².